The van der Waals surface area contributed by atoms with Gasteiger partial charge in [-0.25, -0.2) is 4.79 Å². The Kier molecular flexibility index (Phi) is 8.26. The molecule has 200 valence electrons. The average Bonchev–Trinajstić information content (AvgIpc) is 2.86. The molecule has 7 nitrogen and oxygen atoms in total. The van der Waals surface area contributed by atoms with Crippen molar-refractivity contribution in [2.24, 2.45) is 11.8 Å². The maximum Gasteiger partial charge on any atom is 0.336 e. The van der Waals surface area contributed by atoms with Crippen LogP contribution in [-0.2, 0) is 19.1 Å². The normalized spacial score (nSPS) is 20.9. The van der Waals surface area contributed by atoms with Gasteiger partial charge in [0.1, 0.15) is 5.78 Å². The minimum atomic E-state index is -0.617. The smallest absolute Gasteiger partial charge is 0.336 e. The first kappa shape index (κ1) is 27.5. The summed E-state index contributed by atoms with van der Waals surface area (Å²) >= 11 is 6.07. The Balaban J connectivity index is 1.82. The van der Waals surface area contributed by atoms with Gasteiger partial charge in [-0.05, 0) is 48.2 Å². The van der Waals surface area contributed by atoms with Crippen molar-refractivity contribution >= 4 is 29.3 Å². The first-order chi connectivity index (χ1) is 18.1. The lowest BCUT2D eigenvalue weighted by atomic mass is 9.68. The fourth-order valence-corrected chi connectivity index (χ4v) is 5.19. The Bertz CT molecular complexity index is 1310. The van der Waals surface area contributed by atoms with Gasteiger partial charge in [-0.2, -0.15) is 0 Å². The van der Waals surface area contributed by atoms with Crippen molar-refractivity contribution in [3.05, 3.63) is 81.7 Å². The molecule has 2 aromatic carbocycles. The molecule has 0 saturated heterocycles. The SMILES string of the molecule is COc1cc(C2C(C(=O)OCC(C)C)=C(C)NC3=CC(c4ccc(Cl)cc4)CC(=O)C32)ccc1OC(C)=O. The number of rotatable bonds is 7. The fourth-order valence-electron chi connectivity index (χ4n) is 5.07. The Morgan fingerprint density at radius 3 is 2.37 bits per heavy atom. The van der Waals surface area contributed by atoms with Crippen molar-refractivity contribution in [2.75, 3.05) is 13.7 Å². The minimum Gasteiger partial charge on any atom is -0.493 e. The summed E-state index contributed by atoms with van der Waals surface area (Å²) in [5.41, 5.74) is 3.44. The summed E-state index contributed by atoms with van der Waals surface area (Å²) in [5.74, 6) is -1.55. The lowest BCUT2D eigenvalue weighted by Gasteiger charge is -2.39. The fraction of sp³-hybridized carbons (Fsp3) is 0.367. The van der Waals surface area contributed by atoms with E-state index in [2.05, 4.69) is 11.4 Å². The number of fused-ring (bicyclic) bond motifs is 1. The Hall–Kier alpha value is -3.58. The second kappa shape index (κ2) is 11.4. The number of methoxy groups -OCH3 is 1. The number of Topliss-reactive ketones (excluding diaryl/α,β-unsaturated/α-hetero) is 1. The quantitative estimate of drug-likeness (QED) is 0.358. The van der Waals surface area contributed by atoms with Crippen LogP contribution in [0.5, 0.6) is 11.5 Å². The van der Waals surface area contributed by atoms with Gasteiger partial charge in [-0.15, -0.1) is 0 Å². The number of esters is 2. The molecule has 1 N–H and O–H groups in total. The third kappa shape index (κ3) is 5.78. The maximum absolute atomic E-state index is 13.8. The van der Waals surface area contributed by atoms with Crippen molar-refractivity contribution in [1.29, 1.82) is 0 Å². The predicted octanol–water partition coefficient (Wildman–Crippen LogP) is 5.69. The third-order valence-corrected chi connectivity index (χ3v) is 6.98. The molecule has 0 amide bonds. The highest BCUT2D eigenvalue weighted by atomic mass is 35.5. The highest BCUT2D eigenvalue weighted by molar-refractivity contribution is 6.30. The zero-order valence-corrected chi connectivity index (χ0v) is 22.9. The number of allylic oxidation sites excluding steroid dienone is 3. The number of hydrogen-bond donors (Lipinski definition) is 1. The molecule has 1 aliphatic heterocycles. The van der Waals surface area contributed by atoms with Gasteiger partial charge in [0.05, 0.1) is 25.2 Å². The molecule has 0 radical (unpaired) electrons. The number of carbonyl (C=O) groups is 3. The summed E-state index contributed by atoms with van der Waals surface area (Å²) in [6, 6.07) is 12.6. The molecule has 1 heterocycles. The molecule has 3 unspecified atom stereocenters. The van der Waals surface area contributed by atoms with E-state index in [0.717, 1.165) is 11.3 Å². The van der Waals surface area contributed by atoms with Crippen LogP contribution < -0.4 is 14.8 Å². The number of ether oxygens (including phenoxy) is 3. The van der Waals surface area contributed by atoms with E-state index in [9.17, 15) is 14.4 Å². The second-order valence-electron chi connectivity index (χ2n) is 10.1. The number of halogens is 1. The van der Waals surface area contributed by atoms with Gasteiger partial charge in [0, 0.05) is 41.6 Å². The standard InChI is InChI=1S/C30H32ClNO6/c1-16(2)15-37-30(35)27-17(3)32-23-12-21(19-6-9-22(31)10-7-19)13-24(34)29(23)28(27)20-8-11-25(38-18(4)33)26(14-20)36-5/h6-12,14,16,21,28-29,32H,13,15H2,1-5H3. The summed E-state index contributed by atoms with van der Waals surface area (Å²) in [5, 5.41) is 3.97. The van der Waals surface area contributed by atoms with Crippen molar-refractivity contribution in [3.8, 4) is 11.5 Å². The molecule has 0 aromatic heterocycles. The molecular weight excluding hydrogens is 506 g/mol. The van der Waals surface area contributed by atoms with Crippen molar-refractivity contribution in [1.82, 2.24) is 5.32 Å². The van der Waals surface area contributed by atoms with E-state index in [1.807, 2.05) is 45.0 Å². The first-order valence-corrected chi connectivity index (χ1v) is 13.0. The third-order valence-electron chi connectivity index (χ3n) is 6.73. The summed E-state index contributed by atoms with van der Waals surface area (Å²) in [6.07, 6.45) is 2.34. The van der Waals surface area contributed by atoms with E-state index >= 15 is 0 Å². The Morgan fingerprint density at radius 2 is 1.74 bits per heavy atom. The lowest BCUT2D eigenvalue weighted by molar-refractivity contribution is -0.140. The maximum atomic E-state index is 13.8. The Labute approximate surface area is 227 Å². The highest BCUT2D eigenvalue weighted by Crippen LogP contribution is 2.47. The van der Waals surface area contributed by atoms with Crippen LogP contribution in [0.1, 0.15) is 57.1 Å². The van der Waals surface area contributed by atoms with E-state index < -0.39 is 23.8 Å². The van der Waals surface area contributed by atoms with Crippen LogP contribution >= 0.6 is 11.6 Å². The molecule has 1 aliphatic carbocycles. The monoisotopic (exact) mass is 537 g/mol. The van der Waals surface area contributed by atoms with Crippen LogP contribution in [0, 0.1) is 11.8 Å². The van der Waals surface area contributed by atoms with Gasteiger partial charge in [-0.1, -0.05) is 49.7 Å². The summed E-state index contributed by atoms with van der Waals surface area (Å²) < 4.78 is 16.4. The van der Waals surface area contributed by atoms with Gasteiger partial charge < -0.3 is 19.5 Å². The van der Waals surface area contributed by atoms with Gasteiger partial charge in [-0.3, -0.25) is 9.59 Å². The van der Waals surface area contributed by atoms with E-state index in [0.29, 0.717) is 27.6 Å². The molecule has 3 atom stereocenters. The van der Waals surface area contributed by atoms with Gasteiger partial charge in [0.15, 0.2) is 11.5 Å². The van der Waals surface area contributed by atoms with Crippen LogP contribution in [0.25, 0.3) is 0 Å². The van der Waals surface area contributed by atoms with Crippen molar-refractivity contribution < 1.29 is 28.6 Å². The molecule has 2 aromatic rings. The molecule has 0 fully saturated rings. The van der Waals surface area contributed by atoms with Crippen LogP contribution in [0.3, 0.4) is 0 Å². The molecular formula is C30H32ClNO6. The predicted molar refractivity (Wildman–Crippen MR) is 144 cm³/mol. The van der Waals surface area contributed by atoms with E-state index in [4.69, 9.17) is 25.8 Å². The molecule has 38 heavy (non-hydrogen) atoms. The molecule has 2 aliphatic rings. The van der Waals surface area contributed by atoms with E-state index in [1.165, 1.54) is 14.0 Å². The molecule has 8 heteroatoms. The van der Waals surface area contributed by atoms with E-state index in [-0.39, 0.29) is 36.4 Å². The van der Waals surface area contributed by atoms with Crippen LogP contribution in [0.15, 0.2) is 65.5 Å². The topological polar surface area (TPSA) is 90.9 Å². The number of nitrogens with one attached hydrogen (secondary N) is 1. The van der Waals surface area contributed by atoms with Gasteiger partial charge in [0.25, 0.3) is 0 Å². The van der Waals surface area contributed by atoms with Crippen molar-refractivity contribution in [3.63, 3.8) is 0 Å². The van der Waals surface area contributed by atoms with Gasteiger partial charge in [0.2, 0.25) is 0 Å². The molecule has 0 spiro atoms. The minimum absolute atomic E-state index is 0.00430. The molecule has 0 saturated carbocycles. The number of benzene rings is 2. The molecule has 4 rings (SSSR count). The largest absolute Gasteiger partial charge is 0.493 e. The van der Waals surface area contributed by atoms with Crippen LogP contribution in [0.4, 0.5) is 0 Å². The first-order valence-electron chi connectivity index (χ1n) is 12.6. The number of carbonyl (C=O) groups excluding carboxylic acids is 3. The second-order valence-corrected chi connectivity index (χ2v) is 10.5. The number of hydrogen-bond acceptors (Lipinski definition) is 7. The number of ketones is 1. The lowest BCUT2D eigenvalue weighted by Crippen LogP contribution is -2.42. The zero-order chi connectivity index (χ0) is 27.6. The summed E-state index contributed by atoms with van der Waals surface area (Å²) in [4.78, 5) is 38.7. The summed E-state index contributed by atoms with van der Waals surface area (Å²) in [7, 11) is 1.47. The average molecular weight is 538 g/mol. The summed E-state index contributed by atoms with van der Waals surface area (Å²) in [6.45, 7) is 7.32. The van der Waals surface area contributed by atoms with E-state index in [1.54, 1.807) is 18.2 Å². The Morgan fingerprint density at radius 1 is 1.05 bits per heavy atom. The molecule has 0 bridgehead atoms. The van der Waals surface area contributed by atoms with Crippen LogP contribution in [-0.4, -0.2) is 31.4 Å². The van der Waals surface area contributed by atoms with Gasteiger partial charge >= 0.3 is 11.9 Å². The zero-order valence-electron chi connectivity index (χ0n) is 22.2. The van der Waals surface area contributed by atoms with Crippen molar-refractivity contribution in [2.45, 2.75) is 46.0 Å². The van der Waals surface area contributed by atoms with Crippen LogP contribution in [0.2, 0.25) is 5.02 Å². The highest BCUT2D eigenvalue weighted by Gasteiger charge is 2.45.